The number of nitrogens with zero attached hydrogens (tertiary/aromatic N) is 2. The lowest BCUT2D eigenvalue weighted by molar-refractivity contribution is -0.148. The number of amides is 1. The molecule has 7 nitrogen and oxygen atoms in total. The highest BCUT2D eigenvalue weighted by atomic mass is 19.1. The third-order valence-corrected chi connectivity index (χ3v) is 8.31. The lowest BCUT2D eigenvalue weighted by atomic mass is 9.92. The summed E-state index contributed by atoms with van der Waals surface area (Å²) in [5.41, 5.74) is 5.51. The molecule has 2 atom stereocenters. The van der Waals surface area contributed by atoms with Gasteiger partial charge in [-0.3, -0.25) is 14.5 Å². The van der Waals surface area contributed by atoms with Crippen molar-refractivity contribution < 1.29 is 28.2 Å². The second-order valence-corrected chi connectivity index (χ2v) is 11.3. The molecule has 0 radical (unpaired) electrons. The maximum atomic E-state index is 14.0. The predicted molar refractivity (Wildman–Crippen MR) is 165 cm³/mol. The minimum atomic E-state index is -0.540. The van der Waals surface area contributed by atoms with Crippen molar-refractivity contribution in [1.82, 2.24) is 4.90 Å². The number of fused-ring (bicyclic) bond motifs is 2. The second-order valence-electron chi connectivity index (χ2n) is 11.3. The van der Waals surface area contributed by atoms with Crippen molar-refractivity contribution in [2.45, 2.75) is 51.6 Å². The van der Waals surface area contributed by atoms with E-state index in [1.54, 1.807) is 17.9 Å². The summed E-state index contributed by atoms with van der Waals surface area (Å²) in [6.45, 7) is 3.36. The predicted octanol–water partition coefficient (Wildman–Crippen LogP) is 6.38. The summed E-state index contributed by atoms with van der Waals surface area (Å²) in [7, 11) is 1.38. The molecule has 0 saturated heterocycles. The van der Waals surface area contributed by atoms with Crippen LogP contribution >= 0.6 is 0 Å². The van der Waals surface area contributed by atoms with E-state index < -0.39 is 6.04 Å². The van der Waals surface area contributed by atoms with E-state index in [1.807, 2.05) is 77.7 Å². The van der Waals surface area contributed by atoms with E-state index in [0.717, 1.165) is 33.6 Å². The number of carbonyl (C=O) groups is 2. The highest BCUT2D eigenvalue weighted by Gasteiger charge is 2.35. The lowest BCUT2D eigenvalue weighted by Gasteiger charge is -2.36. The number of rotatable bonds is 7. The topological polar surface area (TPSA) is 68.3 Å². The monoisotopic (exact) mass is 594 g/mol. The molecule has 44 heavy (non-hydrogen) atoms. The number of benzene rings is 4. The molecule has 8 heteroatoms. The standard InChI is InChI=1S/C36H35FN2O5/c1-24(40)39-16-15-34(27-11-13-31(14-12-27)43-23-25-7-4-3-5-8-25)44-35-20-29-22-38(21-26-9-6-10-30(37)17-26)33(36(41)42-2)19-28(29)18-32(35)39/h3-14,17-18,20,33-34H,15-16,19,21-23H2,1-2H3/t33-,34+/m0/s1. The molecule has 4 aromatic rings. The van der Waals surface area contributed by atoms with Crippen LogP contribution in [0.4, 0.5) is 10.1 Å². The molecule has 2 heterocycles. The smallest absolute Gasteiger partial charge is 0.323 e. The van der Waals surface area contributed by atoms with Gasteiger partial charge in [-0.1, -0.05) is 54.6 Å². The summed E-state index contributed by atoms with van der Waals surface area (Å²) in [6, 6.07) is 27.8. The van der Waals surface area contributed by atoms with E-state index in [1.165, 1.54) is 19.2 Å². The Kier molecular flexibility index (Phi) is 8.61. The Bertz CT molecular complexity index is 1640. The fraction of sp³-hybridized carbons (Fsp3) is 0.278. The van der Waals surface area contributed by atoms with Crippen LogP contribution < -0.4 is 14.4 Å². The van der Waals surface area contributed by atoms with Gasteiger partial charge >= 0.3 is 5.97 Å². The van der Waals surface area contributed by atoms with E-state index in [0.29, 0.717) is 50.5 Å². The van der Waals surface area contributed by atoms with Crippen LogP contribution in [-0.4, -0.2) is 36.5 Å². The fourth-order valence-corrected chi connectivity index (χ4v) is 6.03. The number of anilines is 1. The molecule has 0 unspecified atom stereocenters. The molecule has 0 aromatic heterocycles. The van der Waals surface area contributed by atoms with Gasteiger partial charge in [0.15, 0.2) is 0 Å². The minimum absolute atomic E-state index is 0.0758. The number of hydrogen-bond acceptors (Lipinski definition) is 6. The average molecular weight is 595 g/mol. The van der Waals surface area contributed by atoms with Crippen LogP contribution in [-0.2, 0) is 40.4 Å². The largest absolute Gasteiger partial charge is 0.489 e. The third kappa shape index (κ3) is 6.45. The van der Waals surface area contributed by atoms with Gasteiger partial charge in [-0.2, -0.15) is 0 Å². The van der Waals surface area contributed by atoms with Crippen molar-refractivity contribution in [2.75, 3.05) is 18.6 Å². The molecule has 4 aromatic carbocycles. The molecule has 0 aliphatic carbocycles. The van der Waals surface area contributed by atoms with E-state index in [9.17, 15) is 14.0 Å². The molecule has 2 aliphatic rings. The lowest BCUT2D eigenvalue weighted by Crippen LogP contribution is -2.45. The zero-order valence-corrected chi connectivity index (χ0v) is 24.9. The molecular formula is C36H35FN2O5. The first-order valence-electron chi connectivity index (χ1n) is 14.8. The molecular weight excluding hydrogens is 559 g/mol. The highest BCUT2D eigenvalue weighted by Crippen LogP contribution is 2.41. The summed E-state index contributed by atoms with van der Waals surface area (Å²) >= 11 is 0. The van der Waals surface area contributed by atoms with Crippen LogP contribution in [0.2, 0.25) is 0 Å². The van der Waals surface area contributed by atoms with Gasteiger partial charge in [-0.15, -0.1) is 0 Å². The molecule has 0 spiro atoms. The fourth-order valence-electron chi connectivity index (χ4n) is 6.03. The van der Waals surface area contributed by atoms with Crippen LogP contribution in [0.25, 0.3) is 0 Å². The van der Waals surface area contributed by atoms with Crippen molar-refractivity contribution in [3.05, 3.63) is 125 Å². The Hall–Kier alpha value is -4.69. The summed E-state index contributed by atoms with van der Waals surface area (Å²) in [5.74, 6) is 0.642. The SMILES string of the molecule is COC(=O)[C@@H]1Cc2cc3c(cc2CN1Cc1cccc(F)c1)O[C@@H](c1ccc(OCc2ccccc2)cc1)CCN3C(C)=O. The quantitative estimate of drug-likeness (QED) is 0.231. The molecule has 0 saturated carbocycles. The first-order valence-corrected chi connectivity index (χ1v) is 14.8. The van der Waals surface area contributed by atoms with Gasteiger partial charge in [0.05, 0.1) is 12.8 Å². The number of esters is 1. The summed E-state index contributed by atoms with van der Waals surface area (Å²) in [4.78, 5) is 29.4. The van der Waals surface area contributed by atoms with Gasteiger partial charge in [0, 0.05) is 33.0 Å². The Morgan fingerprint density at radius 3 is 2.43 bits per heavy atom. The van der Waals surface area contributed by atoms with Gasteiger partial charge in [0.1, 0.15) is 36.1 Å². The van der Waals surface area contributed by atoms with Crippen LogP contribution in [0.15, 0.2) is 91.0 Å². The van der Waals surface area contributed by atoms with Crippen molar-refractivity contribution in [3.8, 4) is 11.5 Å². The van der Waals surface area contributed by atoms with Crippen molar-refractivity contribution in [1.29, 1.82) is 0 Å². The van der Waals surface area contributed by atoms with Gasteiger partial charge in [-0.05, 0) is 70.6 Å². The number of carbonyl (C=O) groups excluding carboxylic acids is 2. The molecule has 226 valence electrons. The Morgan fingerprint density at radius 1 is 0.932 bits per heavy atom. The maximum absolute atomic E-state index is 14.0. The van der Waals surface area contributed by atoms with E-state index in [2.05, 4.69) is 0 Å². The first-order chi connectivity index (χ1) is 21.4. The normalized spacial score (nSPS) is 17.9. The maximum Gasteiger partial charge on any atom is 0.323 e. The Balaban J connectivity index is 1.26. The van der Waals surface area contributed by atoms with Crippen LogP contribution in [0, 0.1) is 5.82 Å². The third-order valence-electron chi connectivity index (χ3n) is 8.31. The van der Waals surface area contributed by atoms with Gasteiger partial charge in [0.25, 0.3) is 0 Å². The number of ether oxygens (including phenoxy) is 3. The number of halogens is 1. The van der Waals surface area contributed by atoms with E-state index >= 15 is 0 Å². The Morgan fingerprint density at radius 2 is 1.70 bits per heavy atom. The first kappa shape index (κ1) is 29.4. The van der Waals surface area contributed by atoms with Crippen molar-refractivity contribution >= 4 is 17.6 Å². The zero-order valence-electron chi connectivity index (χ0n) is 24.9. The van der Waals surface area contributed by atoms with E-state index in [-0.39, 0.29) is 23.8 Å². The second kappa shape index (κ2) is 12.9. The Labute approximate surface area is 256 Å². The van der Waals surface area contributed by atoms with Crippen LogP contribution in [0.1, 0.15) is 47.3 Å². The molecule has 0 bridgehead atoms. The molecule has 0 fully saturated rings. The molecule has 0 N–H and O–H groups in total. The average Bonchev–Trinajstić information content (AvgIpc) is 3.22. The number of methoxy groups -OCH3 is 1. The van der Waals surface area contributed by atoms with Gasteiger partial charge in [-0.25, -0.2) is 4.39 Å². The highest BCUT2D eigenvalue weighted by molar-refractivity contribution is 5.93. The molecule has 2 aliphatic heterocycles. The van der Waals surface area contributed by atoms with E-state index in [4.69, 9.17) is 14.2 Å². The summed E-state index contributed by atoms with van der Waals surface area (Å²) < 4.78 is 31.7. The van der Waals surface area contributed by atoms with Crippen molar-refractivity contribution in [3.63, 3.8) is 0 Å². The number of hydrogen-bond donors (Lipinski definition) is 0. The molecule has 6 rings (SSSR count). The van der Waals surface area contributed by atoms with Gasteiger partial charge < -0.3 is 19.1 Å². The van der Waals surface area contributed by atoms with Crippen LogP contribution in [0.5, 0.6) is 11.5 Å². The van der Waals surface area contributed by atoms with Gasteiger partial charge in [0.2, 0.25) is 5.91 Å². The van der Waals surface area contributed by atoms with Crippen LogP contribution in [0.3, 0.4) is 0 Å². The summed E-state index contributed by atoms with van der Waals surface area (Å²) in [6.07, 6.45) is 0.748. The van der Waals surface area contributed by atoms with Crippen molar-refractivity contribution in [2.24, 2.45) is 0 Å². The zero-order chi connectivity index (χ0) is 30.6. The summed E-state index contributed by atoms with van der Waals surface area (Å²) in [5, 5.41) is 0. The minimum Gasteiger partial charge on any atom is -0.489 e. The molecule has 1 amide bonds.